The Labute approximate surface area is 121 Å². The van der Waals surface area contributed by atoms with Crippen molar-refractivity contribution in [1.82, 2.24) is 5.32 Å². The molecular formula is C15H17F3N2O. The molecule has 1 aromatic carbocycles. The summed E-state index contributed by atoms with van der Waals surface area (Å²) in [6, 6.07) is 5.06. The second-order valence-electron chi connectivity index (χ2n) is 5.40. The van der Waals surface area contributed by atoms with Gasteiger partial charge in [0.1, 0.15) is 12.6 Å². The van der Waals surface area contributed by atoms with E-state index in [0.717, 1.165) is 32.0 Å². The minimum atomic E-state index is -4.36. The lowest BCUT2D eigenvalue weighted by Gasteiger charge is -2.21. The number of halogens is 3. The summed E-state index contributed by atoms with van der Waals surface area (Å²) in [5.74, 6) is 0.854. The largest absolute Gasteiger partial charge is 0.478 e. The molecule has 0 spiro atoms. The van der Waals surface area contributed by atoms with E-state index in [0.29, 0.717) is 5.90 Å². The lowest BCUT2D eigenvalue weighted by molar-refractivity contribution is -0.138. The van der Waals surface area contributed by atoms with Crippen LogP contribution >= 0.6 is 0 Å². The molecule has 0 aliphatic carbocycles. The highest BCUT2D eigenvalue weighted by atomic mass is 19.4. The second kappa shape index (κ2) is 5.67. The Morgan fingerprint density at radius 3 is 2.57 bits per heavy atom. The third-order valence-corrected chi connectivity index (χ3v) is 3.99. The Morgan fingerprint density at radius 1 is 1.14 bits per heavy atom. The lowest BCUT2D eigenvalue weighted by Crippen LogP contribution is -2.31. The van der Waals surface area contributed by atoms with Gasteiger partial charge in [0.05, 0.1) is 5.56 Å². The van der Waals surface area contributed by atoms with Crippen LogP contribution < -0.4 is 5.32 Å². The van der Waals surface area contributed by atoms with Crippen LogP contribution in [0.15, 0.2) is 29.3 Å². The number of rotatable bonds is 2. The van der Waals surface area contributed by atoms with Crippen molar-refractivity contribution in [3.8, 4) is 0 Å². The first-order valence-corrected chi connectivity index (χ1v) is 7.13. The van der Waals surface area contributed by atoms with Gasteiger partial charge in [-0.2, -0.15) is 13.2 Å². The monoisotopic (exact) mass is 298 g/mol. The fourth-order valence-corrected chi connectivity index (χ4v) is 2.89. The van der Waals surface area contributed by atoms with Gasteiger partial charge in [0.25, 0.3) is 0 Å². The number of alkyl halides is 3. The van der Waals surface area contributed by atoms with Crippen molar-refractivity contribution in [3.05, 3.63) is 35.4 Å². The number of nitrogens with zero attached hydrogens (tertiary/aromatic N) is 1. The van der Waals surface area contributed by atoms with E-state index in [2.05, 4.69) is 10.3 Å². The predicted molar refractivity (Wildman–Crippen MR) is 73.2 cm³/mol. The summed E-state index contributed by atoms with van der Waals surface area (Å²) in [7, 11) is 0. The zero-order valence-electron chi connectivity index (χ0n) is 11.5. The van der Waals surface area contributed by atoms with E-state index in [1.54, 1.807) is 6.07 Å². The molecule has 1 N–H and O–H groups in total. The fraction of sp³-hybridized carbons (Fsp3) is 0.533. The quantitative estimate of drug-likeness (QED) is 0.910. The highest BCUT2D eigenvalue weighted by Gasteiger charge is 2.37. The molecule has 1 saturated heterocycles. The van der Waals surface area contributed by atoms with Crippen molar-refractivity contribution in [2.75, 3.05) is 19.7 Å². The number of hydrogen-bond acceptors (Lipinski definition) is 3. The Morgan fingerprint density at radius 2 is 1.86 bits per heavy atom. The molecule has 2 heterocycles. The summed E-state index contributed by atoms with van der Waals surface area (Å²) in [6.07, 6.45) is -2.51. The molecule has 6 heteroatoms. The molecule has 114 valence electrons. The van der Waals surface area contributed by atoms with E-state index >= 15 is 0 Å². The predicted octanol–water partition coefficient (Wildman–Crippen LogP) is 3.17. The zero-order valence-corrected chi connectivity index (χ0v) is 11.5. The van der Waals surface area contributed by atoms with Gasteiger partial charge < -0.3 is 10.1 Å². The van der Waals surface area contributed by atoms with Gasteiger partial charge in [-0.15, -0.1) is 0 Å². The fourth-order valence-electron chi connectivity index (χ4n) is 2.89. The SMILES string of the molecule is FC(F)(F)c1ccccc1C1COC(C2CCNCC2)=N1. The number of benzene rings is 1. The smallest absolute Gasteiger partial charge is 0.416 e. The molecule has 1 fully saturated rings. The van der Waals surface area contributed by atoms with Gasteiger partial charge in [-0.05, 0) is 37.6 Å². The second-order valence-corrected chi connectivity index (χ2v) is 5.40. The Balaban J connectivity index is 1.84. The number of nitrogens with one attached hydrogen (secondary N) is 1. The molecule has 1 atom stereocenters. The maximum absolute atomic E-state index is 13.1. The lowest BCUT2D eigenvalue weighted by atomic mass is 9.98. The Bertz CT molecular complexity index is 536. The first-order chi connectivity index (χ1) is 10.1. The van der Waals surface area contributed by atoms with E-state index in [1.807, 2.05) is 0 Å². The molecule has 3 rings (SSSR count). The zero-order chi connectivity index (χ0) is 14.9. The summed E-state index contributed by atoms with van der Waals surface area (Å²) < 4.78 is 44.8. The number of aliphatic imine (C=N–C) groups is 1. The van der Waals surface area contributed by atoms with Crippen LogP contribution in [0.5, 0.6) is 0 Å². The molecule has 2 aliphatic rings. The highest BCUT2D eigenvalue weighted by Crippen LogP contribution is 2.37. The molecule has 0 bridgehead atoms. The van der Waals surface area contributed by atoms with Crippen molar-refractivity contribution < 1.29 is 17.9 Å². The van der Waals surface area contributed by atoms with E-state index in [4.69, 9.17) is 4.74 Å². The minimum absolute atomic E-state index is 0.201. The molecule has 2 aliphatic heterocycles. The number of hydrogen-bond donors (Lipinski definition) is 1. The van der Waals surface area contributed by atoms with Crippen LogP contribution in [0, 0.1) is 5.92 Å². The van der Waals surface area contributed by atoms with Crippen LogP contribution in [0.1, 0.15) is 30.0 Å². The van der Waals surface area contributed by atoms with Crippen LogP contribution in [0.4, 0.5) is 13.2 Å². The van der Waals surface area contributed by atoms with Gasteiger partial charge in [-0.25, -0.2) is 4.99 Å². The van der Waals surface area contributed by atoms with E-state index < -0.39 is 17.8 Å². The average molecular weight is 298 g/mol. The molecule has 0 saturated carbocycles. The Kier molecular flexibility index (Phi) is 3.89. The molecule has 1 aromatic rings. The van der Waals surface area contributed by atoms with Gasteiger partial charge in [-0.1, -0.05) is 18.2 Å². The van der Waals surface area contributed by atoms with Gasteiger partial charge in [-0.3, -0.25) is 0 Å². The first-order valence-electron chi connectivity index (χ1n) is 7.13. The van der Waals surface area contributed by atoms with Gasteiger partial charge in [0.2, 0.25) is 0 Å². The summed E-state index contributed by atoms with van der Waals surface area (Å²) in [4.78, 5) is 4.42. The molecule has 1 unspecified atom stereocenters. The van der Waals surface area contributed by atoms with Gasteiger partial charge >= 0.3 is 6.18 Å². The van der Waals surface area contributed by atoms with Crippen LogP contribution in [-0.2, 0) is 10.9 Å². The van der Waals surface area contributed by atoms with Crippen molar-refractivity contribution >= 4 is 5.90 Å². The van der Waals surface area contributed by atoms with Crippen molar-refractivity contribution in [3.63, 3.8) is 0 Å². The van der Waals surface area contributed by atoms with E-state index in [1.165, 1.54) is 12.1 Å². The Hall–Kier alpha value is -1.56. The summed E-state index contributed by atoms with van der Waals surface area (Å²) >= 11 is 0. The molecule has 21 heavy (non-hydrogen) atoms. The number of ether oxygens (including phenoxy) is 1. The minimum Gasteiger partial charge on any atom is -0.478 e. The molecule has 3 nitrogen and oxygen atoms in total. The normalized spacial score (nSPS) is 23.8. The molecular weight excluding hydrogens is 281 g/mol. The van der Waals surface area contributed by atoms with Crippen LogP contribution in [0.25, 0.3) is 0 Å². The van der Waals surface area contributed by atoms with Gasteiger partial charge in [0, 0.05) is 5.92 Å². The van der Waals surface area contributed by atoms with Crippen LogP contribution in [-0.4, -0.2) is 25.6 Å². The summed E-state index contributed by atoms with van der Waals surface area (Å²) in [6.45, 7) is 2.00. The van der Waals surface area contributed by atoms with Crippen molar-refractivity contribution in [1.29, 1.82) is 0 Å². The summed E-state index contributed by atoms with van der Waals surface area (Å²) in [5, 5.41) is 3.25. The van der Waals surface area contributed by atoms with E-state index in [9.17, 15) is 13.2 Å². The topological polar surface area (TPSA) is 33.6 Å². The maximum Gasteiger partial charge on any atom is 0.416 e. The highest BCUT2D eigenvalue weighted by molar-refractivity contribution is 5.80. The number of piperidine rings is 1. The van der Waals surface area contributed by atoms with Crippen molar-refractivity contribution in [2.24, 2.45) is 10.9 Å². The summed E-state index contributed by atoms with van der Waals surface area (Å²) in [5.41, 5.74) is -0.414. The molecule has 0 radical (unpaired) electrons. The van der Waals surface area contributed by atoms with Crippen LogP contribution in [0.3, 0.4) is 0 Å². The van der Waals surface area contributed by atoms with Gasteiger partial charge in [0.15, 0.2) is 5.90 Å². The molecule has 0 aromatic heterocycles. The molecule has 0 amide bonds. The van der Waals surface area contributed by atoms with Crippen LogP contribution in [0.2, 0.25) is 0 Å². The maximum atomic E-state index is 13.1. The standard InChI is InChI=1S/C15H17F3N2O/c16-15(17,18)12-4-2-1-3-11(12)13-9-21-14(20-13)10-5-7-19-8-6-10/h1-4,10,13,19H,5-9H2. The average Bonchev–Trinajstić information content (AvgIpc) is 2.97. The van der Waals surface area contributed by atoms with Crippen molar-refractivity contribution in [2.45, 2.75) is 25.1 Å². The first kappa shape index (κ1) is 14.4. The third-order valence-electron chi connectivity index (χ3n) is 3.99. The van der Waals surface area contributed by atoms with E-state index in [-0.39, 0.29) is 18.1 Å². The third kappa shape index (κ3) is 3.05.